The molecule has 2 aromatic rings. The van der Waals surface area contributed by atoms with Gasteiger partial charge >= 0.3 is 13.1 Å². The average Bonchev–Trinajstić information content (AvgIpc) is 2.88. The van der Waals surface area contributed by atoms with Gasteiger partial charge in [-0.1, -0.05) is 41.4 Å². The molecular weight excluding hydrogens is 426 g/mol. The van der Waals surface area contributed by atoms with E-state index >= 15 is 0 Å². The van der Waals surface area contributed by atoms with Gasteiger partial charge in [-0.25, -0.2) is 0 Å². The fourth-order valence-electron chi connectivity index (χ4n) is 3.22. The van der Waals surface area contributed by atoms with Crippen LogP contribution in [0.4, 0.5) is 0 Å². The monoisotopic (exact) mass is 450 g/mol. The molecule has 0 spiro atoms. The number of carboxylic acid groups (broad SMARTS) is 1. The summed E-state index contributed by atoms with van der Waals surface area (Å²) in [4.78, 5) is 11.5. The quantitative estimate of drug-likeness (QED) is 0.543. The first-order valence-corrected chi connectivity index (χ1v) is 10.5. The Bertz CT molecular complexity index is 898. The van der Waals surface area contributed by atoms with Gasteiger partial charge in [0.2, 0.25) is 0 Å². The zero-order chi connectivity index (χ0) is 22.1. The lowest BCUT2D eigenvalue weighted by molar-refractivity contribution is -0.137. The van der Waals surface area contributed by atoms with Crippen LogP contribution in [0.15, 0.2) is 42.5 Å². The van der Waals surface area contributed by atoms with E-state index in [1.54, 1.807) is 12.1 Å². The summed E-state index contributed by atoms with van der Waals surface area (Å²) in [6, 6.07) is 12.7. The summed E-state index contributed by atoms with van der Waals surface area (Å²) in [5.41, 5.74) is 0.654. The molecule has 0 aromatic heterocycles. The summed E-state index contributed by atoms with van der Waals surface area (Å²) >= 11 is 12.0. The van der Waals surface area contributed by atoms with Gasteiger partial charge in [-0.05, 0) is 63.1 Å². The van der Waals surface area contributed by atoms with Crippen molar-refractivity contribution in [2.45, 2.75) is 57.7 Å². The Morgan fingerprint density at radius 1 is 1.03 bits per heavy atom. The third-order valence-electron chi connectivity index (χ3n) is 5.69. The minimum absolute atomic E-state index is 0.0969. The smallest absolute Gasteiger partial charge is 0.466 e. The van der Waals surface area contributed by atoms with Gasteiger partial charge in [0.15, 0.2) is 0 Å². The SMILES string of the molecule is CC1(C)OB(C(CC(=O)O)c2ccc(OCc3ccc(Cl)c(Cl)c3)cc2)OC1(C)C. The lowest BCUT2D eigenvalue weighted by atomic mass is 9.66. The van der Waals surface area contributed by atoms with Crippen LogP contribution in [0.1, 0.15) is 51.1 Å². The maximum Gasteiger partial charge on any atom is 0.466 e. The molecular formula is C22H25BCl2O5. The van der Waals surface area contributed by atoms with E-state index in [2.05, 4.69) is 0 Å². The molecule has 1 aliphatic rings. The predicted octanol–water partition coefficient (Wildman–Crippen LogP) is 5.76. The lowest BCUT2D eigenvalue weighted by Gasteiger charge is -2.32. The summed E-state index contributed by atoms with van der Waals surface area (Å²) in [7, 11) is -0.644. The Morgan fingerprint density at radius 2 is 1.63 bits per heavy atom. The van der Waals surface area contributed by atoms with Gasteiger partial charge in [0.1, 0.15) is 12.4 Å². The number of benzene rings is 2. The number of ether oxygens (including phenoxy) is 1. The maximum absolute atomic E-state index is 11.5. The van der Waals surface area contributed by atoms with E-state index in [-0.39, 0.29) is 6.42 Å². The molecule has 5 nitrogen and oxygen atoms in total. The van der Waals surface area contributed by atoms with Crippen molar-refractivity contribution >= 4 is 36.3 Å². The first-order valence-electron chi connectivity index (χ1n) is 9.72. The van der Waals surface area contributed by atoms with Crippen molar-refractivity contribution in [1.82, 2.24) is 0 Å². The molecule has 1 heterocycles. The molecule has 160 valence electrons. The standard InChI is InChI=1S/C22H25BCl2O5/c1-21(2)22(3,4)30-23(29-21)17(12-20(26)27)15-6-8-16(9-7-15)28-13-14-5-10-18(24)19(25)11-14/h5-11,17H,12-13H2,1-4H3,(H,26,27). The maximum atomic E-state index is 11.5. The Hall–Kier alpha value is -1.73. The van der Waals surface area contributed by atoms with Crippen LogP contribution in [0.3, 0.4) is 0 Å². The van der Waals surface area contributed by atoms with Crippen molar-refractivity contribution in [1.29, 1.82) is 0 Å². The van der Waals surface area contributed by atoms with Crippen LogP contribution in [0.2, 0.25) is 10.0 Å². The Balaban J connectivity index is 1.72. The van der Waals surface area contributed by atoms with E-state index in [4.69, 9.17) is 37.2 Å². The number of aliphatic carboxylic acids is 1. The first-order chi connectivity index (χ1) is 14.0. The molecule has 1 aliphatic heterocycles. The van der Waals surface area contributed by atoms with E-state index in [0.717, 1.165) is 11.1 Å². The topological polar surface area (TPSA) is 65.0 Å². The van der Waals surface area contributed by atoms with Gasteiger partial charge in [0.05, 0.1) is 27.7 Å². The normalized spacial score (nSPS) is 18.3. The highest BCUT2D eigenvalue weighted by atomic mass is 35.5. The summed E-state index contributed by atoms with van der Waals surface area (Å²) in [6.07, 6.45) is -0.0969. The molecule has 0 amide bonds. The average molecular weight is 451 g/mol. The van der Waals surface area contributed by atoms with E-state index in [9.17, 15) is 9.90 Å². The third-order valence-corrected chi connectivity index (χ3v) is 6.43. The molecule has 8 heteroatoms. The molecule has 1 saturated heterocycles. The molecule has 3 rings (SSSR count). The molecule has 1 N–H and O–H groups in total. The summed E-state index contributed by atoms with van der Waals surface area (Å²) < 4.78 is 18.0. The highest BCUT2D eigenvalue weighted by Crippen LogP contribution is 2.42. The molecule has 0 radical (unpaired) electrons. The highest BCUT2D eigenvalue weighted by molar-refractivity contribution is 6.48. The van der Waals surface area contributed by atoms with Gasteiger partial charge in [0.25, 0.3) is 0 Å². The van der Waals surface area contributed by atoms with E-state index in [0.29, 0.717) is 22.4 Å². The van der Waals surface area contributed by atoms with Gasteiger partial charge in [-0.2, -0.15) is 0 Å². The van der Waals surface area contributed by atoms with Gasteiger partial charge in [-0.15, -0.1) is 0 Å². The van der Waals surface area contributed by atoms with Gasteiger partial charge < -0.3 is 19.2 Å². The first kappa shape index (κ1) is 22.9. The Labute approximate surface area is 187 Å². The fraction of sp³-hybridized carbons (Fsp3) is 0.409. The molecule has 1 unspecified atom stereocenters. The second-order valence-corrected chi connectivity index (χ2v) is 9.25. The van der Waals surface area contributed by atoms with Crippen LogP contribution in [0.5, 0.6) is 5.75 Å². The molecule has 1 atom stereocenters. The molecule has 0 bridgehead atoms. The predicted molar refractivity (Wildman–Crippen MR) is 118 cm³/mol. The Morgan fingerprint density at radius 3 is 2.17 bits per heavy atom. The molecule has 2 aromatic carbocycles. The molecule has 30 heavy (non-hydrogen) atoms. The minimum atomic E-state index is -0.908. The van der Waals surface area contributed by atoms with Crippen LogP contribution >= 0.6 is 23.2 Å². The zero-order valence-corrected chi connectivity index (χ0v) is 19.0. The van der Waals surface area contributed by atoms with E-state index in [1.807, 2.05) is 58.0 Å². The van der Waals surface area contributed by atoms with Crippen molar-refractivity contribution in [2.24, 2.45) is 0 Å². The van der Waals surface area contributed by atoms with Crippen LogP contribution in [0, 0.1) is 0 Å². The number of carbonyl (C=O) groups is 1. The van der Waals surface area contributed by atoms with Crippen LogP contribution in [-0.4, -0.2) is 29.4 Å². The van der Waals surface area contributed by atoms with Crippen LogP contribution in [0.25, 0.3) is 0 Å². The number of halogens is 2. The second-order valence-electron chi connectivity index (χ2n) is 8.44. The second kappa shape index (κ2) is 8.79. The number of hydrogen-bond donors (Lipinski definition) is 1. The van der Waals surface area contributed by atoms with Crippen molar-refractivity contribution in [3.63, 3.8) is 0 Å². The minimum Gasteiger partial charge on any atom is -0.489 e. The van der Waals surface area contributed by atoms with Crippen LogP contribution < -0.4 is 4.74 Å². The van der Waals surface area contributed by atoms with Crippen molar-refractivity contribution in [3.05, 3.63) is 63.6 Å². The molecule has 0 aliphatic carbocycles. The lowest BCUT2D eigenvalue weighted by Crippen LogP contribution is -2.41. The summed E-state index contributed by atoms with van der Waals surface area (Å²) in [5, 5.41) is 10.4. The van der Waals surface area contributed by atoms with E-state index in [1.165, 1.54) is 0 Å². The molecule has 0 saturated carbocycles. The van der Waals surface area contributed by atoms with Crippen LogP contribution in [-0.2, 0) is 20.7 Å². The molecule has 1 fully saturated rings. The van der Waals surface area contributed by atoms with Gasteiger partial charge in [-0.3, -0.25) is 4.79 Å². The van der Waals surface area contributed by atoms with Crippen molar-refractivity contribution in [3.8, 4) is 5.75 Å². The highest BCUT2D eigenvalue weighted by Gasteiger charge is 2.54. The number of rotatable bonds is 7. The van der Waals surface area contributed by atoms with E-state index < -0.39 is 30.1 Å². The van der Waals surface area contributed by atoms with Crippen molar-refractivity contribution < 1.29 is 23.9 Å². The largest absolute Gasteiger partial charge is 0.489 e. The number of hydrogen-bond acceptors (Lipinski definition) is 4. The number of carboxylic acids is 1. The fourth-order valence-corrected chi connectivity index (χ4v) is 3.54. The third kappa shape index (κ3) is 5.12. The van der Waals surface area contributed by atoms with Crippen molar-refractivity contribution in [2.75, 3.05) is 0 Å². The van der Waals surface area contributed by atoms with Gasteiger partial charge in [0, 0.05) is 5.82 Å². The summed E-state index contributed by atoms with van der Waals surface area (Å²) in [6.45, 7) is 8.14. The Kier molecular flexibility index (Phi) is 6.73. The zero-order valence-electron chi connectivity index (χ0n) is 17.4. The summed E-state index contributed by atoms with van der Waals surface area (Å²) in [5.74, 6) is -0.685.